The van der Waals surface area contributed by atoms with Crippen LogP contribution in [0.3, 0.4) is 0 Å². The van der Waals surface area contributed by atoms with Crippen LogP contribution in [0.4, 0.5) is 5.82 Å². The fraction of sp³-hybridized carbons (Fsp3) is 0.444. The molecule has 0 atom stereocenters. The molecular formula is C18H23Cl2N3O2. The highest BCUT2D eigenvalue weighted by atomic mass is 35.5. The van der Waals surface area contributed by atoms with Crippen molar-refractivity contribution in [2.24, 2.45) is 0 Å². The summed E-state index contributed by atoms with van der Waals surface area (Å²) in [5, 5.41) is 8.38. The number of amides is 1. The number of aryl methyl sites for hydroxylation is 1. The van der Waals surface area contributed by atoms with E-state index < -0.39 is 0 Å². The van der Waals surface area contributed by atoms with Crippen molar-refractivity contribution in [2.75, 3.05) is 11.9 Å². The third-order valence-corrected chi connectivity index (χ3v) is 3.96. The molecule has 0 aliphatic rings. The molecular weight excluding hydrogens is 361 g/mol. The Morgan fingerprint density at radius 2 is 2.00 bits per heavy atom. The van der Waals surface area contributed by atoms with E-state index in [0.717, 1.165) is 5.69 Å². The molecule has 0 fully saturated rings. The number of hydrogen-bond donors (Lipinski definition) is 1. The number of nitrogens with one attached hydrogen (secondary N) is 1. The predicted octanol–water partition coefficient (Wildman–Crippen LogP) is 5.05. The number of ether oxygens (including phenoxy) is 1. The van der Waals surface area contributed by atoms with Crippen molar-refractivity contribution >= 4 is 34.9 Å². The van der Waals surface area contributed by atoms with Gasteiger partial charge in [-0.05, 0) is 52.3 Å². The minimum atomic E-state index is -0.203. The molecule has 0 radical (unpaired) electrons. The van der Waals surface area contributed by atoms with Gasteiger partial charge in [-0.15, -0.1) is 0 Å². The maximum absolute atomic E-state index is 12.2. The van der Waals surface area contributed by atoms with E-state index in [-0.39, 0.29) is 11.4 Å². The van der Waals surface area contributed by atoms with E-state index in [4.69, 9.17) is 27.9 Å². The normalized spacial score (nSPS) is 11.4. The number of halogens is 2. The smallest absolute Gasteiger partial charge is 0.225 e. The first kappa shape index (κ1) is 19.6. The number of nitrogens with zero attached hydrogens (tertiary/aromatic N) is 2. The lowest BCUT2D eigenvalue weighted by atomic mass is 10.1. The van der Waals surface area contributed by atoms with Crippen molar-refractivity contribution in [3.8, 4) is 5.75 Å². The number of carbonyl (C=O) groups excluding carboxylic acids is 1. The molecule has 0 saturated carbocycles. The summed E-state index contributed by atoms with van der Waals surface area (Å²) >= 11 is 11.9. The second kappa shape index (κ2) is 8.11. The zero-order chi connectivity index (χ0) is 18.6. The summed E-state index contributed by atoms with van der Waals surface area (Å²) in [6.07, 6.45) is 0.924. The van der Waals surface area contributed by atoms with Crippen molar-refractivity contribution in [3.05, 3.63) is 40.0 Å². The first-order valence-electron chi connectivity index (χ1n) is 8.11. The molecule has 2 aromatic rings. The van der Waals surface area contributed by atoms with Crippen molar-refractivity contribution < 1.29 is 9.53 Å². The first-order valence-corrected chi connectivity index (χ1v) is 8.87. The van der Waals surface area contributed by atoms with Crippen LogP contribution < -0.4 is 10.1 Å². The Kier molecular flexibility index (Phi) is 6.36. The topological polar surface area (TPSA) is 56.1 Å². The molecule has 1 N–H and O–H groups in total. The lowest BCUT2D eigenvalue weighted by Crippen LogP contribution is -2.26. The largest absolute Gasteiger partial charge is 0.492 e. The minimum absolute atomic E-state index is 0.0730. The summed E-state index contributed by atoms with van der Waals surface area (Å²) in [6, 6.07) is 6.93. The van der Waals surface area contributed by atoms with Gasteiger partial charge >= 0.3 is 0 Å². The predicted molar refractivity (Wildman–Crippen MR) is 102 cm³/mol. The second-order valence-electron chi connectivity index (χ2n) is 6.83. The van der Waals surface area contributed by atoms with Gasteiger partial charge < -0.3 is 10.1 Å². The summed E-state index contributed by atoms with van der Waals surface area (Å²) in [4.78, 5) is 12.2. The van der Waals surface area contributed by atoms with Gasteiger partial charge in [0.25, 0.3) is 0 Å². The average Bonchev–Trinajstić information content (AvgIpc) is 2.86. The Hall–Kier alpha value is -1.72. The van der Waals surface area contributed by atoms with Gasteiger partial charge in [-0.1, -0.05) is 23.2 Å². The monoisotopic (exact) mass is 383 g/mol. The minimum Gasteiger partial charge on any atom is -0.492 e. The lowest BCUT2D eigenvalue weighted by Gasteiger charge is -2.22. The highest BCUT2D eigenvalue weighted by molar-refractivity contribution is 6.35. The van der Waals surface area contributed by atoms with Crippen LogP contribution in [0.25, 0.3) is 0 Å². The van der Waals surface area contributed by atoms with Gasteiger partial charge in [0, 0.05) is 17.5 Å². The van der Waals surface area contributed by atoms with Gasteiger partial charge in [0.05, 0.1) is 22.9 Å². The van der Waals surface area contributed by atoms with Crippen molar-refractivity contribution in [2.45, 2.75) is 46.1 Å². The summed E-state index contributed by atoms with van der Waals surface area (Å²) in [6.45, 7) is 8.42. The van der Waals surface area contributed by atoms with Crippen LogP contribution >= 0.6 is 23.2 Å². The zero-order valence-corrected chi connectivity index (χ0v) is 16.4. The van der Waals surface area contributed by atoms with E-state index in [1.807, 2.05) is 38.4 Å². The molecule has 0 saturated heterocycles. The van der Waals surface area contributed by atoms with Crippen LogP contribution in [-0.2, 0) is 10.3 Å². The summed E-state index contributed by atoms with van der Waals surface area (Å²) in [5.74, 6) is 1.20. The van der Waals surface area contributed by atoms with Gasteiger partial charge in [-0.25, -0.2) is 4.68 Å². The van der Waals surface area contributed by atoms with Crippen LogP contribution in [0.1, 0.15) is 39.3 Å². The van der Waals surface area contributed by atoms with Crippen molar-refractivity contribution in [1.82, 2.24) is 9.78 Å². The van der Waals surface area contributed by atoms with E-state index >= 15 is 0 Å². The molecule has 1 heterocycles. The van der Waals surface area contributed by atoms with Crippen LogP contribution in [0.5, 0.6) is 5.75 Å². The highest BCUT2D eigenvalue weighted by Gasteiger charge is 2.19. The van der Waals surface area contributed by atoms with Gasteiger partial charge in [0.1, 0.15) is 11.6 Å². The molecule has 7 heteroatoms. The fourth-order valence-corrected chi connectivity index (χ4v) is 2.78. The average molecular weight is 384 g/mol. The van der Waals surface area contributed by atoms with Crippen LogP contribution in [-0.4, -0.2) is 22.3 Å². The van der Waals surface area contributed by atoms with Crippen LogP contribution in [0.2, 0.25) is 10.0 Å². The third-order valence-electron chi connectivity index (χ3n) is 3.43. The molecule has 2 rings (SSSR count). The SMILES string of the molecule is Cc1cc(NC(=O)CCCOc2ccc(Cl)cc2Cl)n(C(C)(C)C)n1. The van der Waals surface area contributed by atoms with Crippen LogP contribution in [0.15, 0.2) is 24.3 Å². The zero-order valence-electron chi connectivity index (χ0n) is 14.9. The number of aromatic nitrogens is 2. The van der Waals surface area contributed by atoms with Gasteiger partial charge in [-0.3, -0.25) is 4.79 Å². The Balaban J connectivity index is 1.83. The molecule has 0 spiro atoms. The summed E-state index contributed by atoms with van der Waals surface area (Å²) in [7, 11) is 0. The maximum atomic E-state index is 12.2. The third kappa shape index (κ3) is 5.65. The summed E-state index contributed by atoms with van der Waals surface area (Å²) in [5.41, 5.74) is 0.664. The van der Waals surface area contributed by atoms with E-state index in [9.17, 15) is 4.79 Å². The van der Waals surface area contributed by atoms with Gasteiger partial charge in [0.15, 0.2) is 0 Å². The molecule has 0 aliphatic carbocycles. The number of carbonyl (C=O) groups is 1. The first-order chi connectivity index (χ1) is 11.7. The quantitative estimate of drug-likeness (QED) is 0.709. The Bertz CT molecular complexity index is 751. The fourth-order valence-electron chi connectivity index (χ4n) is 2.31. The Morgan fingerprint density at radius 1 is 1.28 bits per heavy atom. The molecule has 0 aliphatic heterocycles. The number of hydrogen-bond acceptors (Lipinski definition) is 3. The standard InChI is InChI=1S/C18H23Cl2N3O2/c1-12-10-16(23(22-12)18(2,3)4)21-17(24)6-5-9-25-15-8-7-13(19)11-14(15)20/h7-8,10-11H,5-6,9H2,1-4H3,(H,21,24). The molecule has 0 bridgehead atoms. The van der Waals surface area contributed by atoms with E-state index in [0.29, 0.717) is 41.1 Å². The molecule has 136 valence electrons. The van der Waals surface area contributed by atoms with Crippen LogP contribution in [0, 0.1) is 6.92 Å². The lowest BCUT2D eigenvalue weighted by molar-refractivity contribution is -0.116. The molecule has 1 aromatic heterocycles. The molecule has 1 aromatic carbocycles. The number of rotatable bonds is 6. The molecule has 5 nitrogen and oxygen atoms in total. The van der Waals surface area contributed by atoms with E-state index in [1.165, 1.54) is 0 Å². The second-order valence-corrected chi connectivity index (χ2v) is 7.67. The highest BCUT2D eigenvalue weighted by Crippen LogP contribution is 2.27. The van der Waals surface area contributed by atoms with E-state index in [1.54, 1.807) is 18.2 Å². The van der Waals surface area contributed by atoms with Gasteiger partial charge in [0.2, 0.25) is 5.91 Å². The molecule has 1 amide bonds. The van der Waals surface area contributed by atoms with E-state index in [2.05, 4.69) is 10.4 Å². The maximum Gasteiger partial charge on any atom is 0.225 e. The number of benzene rings is 1. The van der Waals surface area contributed by atoms with Crippen molar-refractivity contribution in [3.63, 3.8) is 0 Å². The van der Waals surface area contributed by atoms with Crippen molar-refractivity contribution in [1.29, 1.82) is 0 Å². The number of anilines is 1. The molecule has 25 heavy (non-hydrogen) atoms. The Labute approximate surface area is 158 Å². The Morgan fingerprint density at radius 3 is 2.64 bits per heavy atom. The van der Waals surface area contributed by atoms with Gasteiger partial charge in [-0.2, -0.15) is 5.10 Å². The summed E-state index contributed by atoms with van der Waals surface area (Å²) < 4.78 is 7.41. The molecule has 0 unspecified atom stereocenters.